The third kappa shape index (κ3) is 2.94. The van der Waals surface area contributed by atoms with E-state index in [9.17, 15) is 0 Å². The Morgan fingerprint density at radius 1 is 1.24 bits per heavy atom. The summed E-state index contributed by atoms with van der Waals surface area (Å²) < 4.78 is 2.09. The number of likely N-dealkylation sites (tertiary alicyclic amines) is 1. The van der Waals surface area contributed by atoms with E-state index in [4.69, 9.17) is 0 Å². The van der Waals surface area contributed by atoms with Gasteiger partial charge >= 0.3 is 0 Å². The van der Waals surface area contributed by atoms with Crippen LogP contribution < -0.4 is 5.32 Å². The zero-order chi connectivity index (χ0) is 15.0. The van der Waals surface area contributed by atoms with Crippen LogP contribution in [0.25, 0.3) is 5.78 Å². The lowest BCUT2D eigenvalue weighted by molar-refractivity contribution is 0.145. The first-order chi connectivity index (χ1) is 9.99. The highest BCUT2D eigenvalue weighted by Gasteiger charge is 2.28. The fourth-order valence-electron chi connectivity index (χ4n) is 3.08. The van der Waals surface area contributed by atoms with Crippen molar-refractivity contribution in [3.63, 3.8) is 0 Å². The van der Waals surface area contributed by atoms with Gasteiger partial charge in [0.1, 0.15) is 0 Å². The van der Waals surface area contributed by atoms with E-state index in [-0.39, 0.29) is 0 Å². The lowest BCUT2D eigenvalue weighted by Crippen LogP contribution is -2.49. The molecular weight excluding hydrogens is 262 g/mol. The maximum atomic E-state index is 4.68. The Labute approximate surface area is 126 Å². The van der Waals surface area contributed by atoms with E-state index in [0.717, 1.165) is 36.8 Å². The molecule has 1 aliphatic rings. The summed E-state index contributed by atoms with van der Waals surface area (Å²) in [4.78, 5) is 11.7. The predicted octanol–water partition coefficient (Wildman–Crippen LogP) is 1.92. The zero-order valence-electron chi connectivity index (χ0n) is 13.5. The van der Waals surface area contributed by atoms with Gasteiger partial charge in [0.15, 0.2) is 0 Å². The molecule has 0 saturated carbocycles. The average molecular weight is 287 g/mol. The Morgan fingerprint density at radius 2 is 1.95 bits per heavy atom. The van der Waals surface area contributed by atoms with Gasteiger partial charge in [0.2, 0.25) is 5.78 Å². The predicted molar refractivity (Wildman–Crippen MR) is 84.4 cm³/mol. The molecule has 3 heterocycles. The van der Waals surface area contributed by atoms with Gasteiger partial charge in [-0.25, -0.2) is 9.97 Å². The molecule has 3 rings (SSSR count). The summed E-state index contributed by atoms with van der Waals surface area (Å²) in [5.41, 5.74) is 3.63. The van der Waals surface area contributed by atoms with E-state index in [1.807, 2.05) is 6.92 Å². The van der Waals surface area contributed by atoms with Crippen molar-refractivity contribution in [3.8, 4) is 0 Å². The SMILES string of the molecule is CNC1(C)CCN(Cc2cn3c(C)cc(C)nc3n2)CC1. The maximum Gasteiger partial charge on any atom is 0.234 e. The van der Waals surface area contributed by atoms with Gasteiger partial charge in [0.05, 0.1) is 5.69 Å². The molecule has 0 aliphatic carbocycles. The Balaban J connectivity index is 1.73. The number of nitrogens with zero attached hydrogens (tertiary/aromatic N) is 4. The van der Waals surface area contributed by atoms with Crippen molar-refractivity contribution in [1.29, 1.82) is 0 Å². The number of piperidine rings is 1. The Bertz CT molecular complexity index is 637. The van der Waals surface area contributed by atoms with Crippen molar-refractivity contribution in [3.05, 3.63) is 29.3 Å². The first kappa shape index (κ1) is 14.5. The van der Waals surface area contributed by atoms with Crippen LogP contribution in [0.1, 0.15) is 36.8 Å². The quantitative estimate of drug-likeness (QED) is 0.937. The van der Waals surface area contributed by atoms with E-state index in [1.165, 1.54) is 18.5 Å². The van der Waals surface area contributed by atoms with Gasteiger partial charge in [0, 0.05) is 42.8 Å². The highest BCUT2D eigenvalue weighted by Crippen LogP contribution is 2.22. The van der Waals surface area contributed by atoms with Crippen molar-refractivity contribution in [1.82, 2.24) is 24.6 Å². The van der Waals surface area contributed by atoms with Gasteiger partial charge in [0.25, 0.3) is 0 Å². The second kappa shape index (κ2) is 5.39. The minimum absolute atomic E-state index is 0.296. The lowest BCUT2D eigenvalue weighted by Gasteiger charge is -2.39. The molecule has 0 radical (unpaired) electrons. The number of fused-ring (bicyclic) bond motifs is 1. The first-order valence-corrected chi connectivity index (χ1v) is 7.73. The Hall–Kier alpha value is -1.46. The standard InChI is InChI=1S/C16H25N5/c1-12-9-13(2)21-11-14(19-15(21)18-12)10-20-7-5-16(3,17-4)6-8-20/h9,11,17H,5-8,10H2,1-4H3. The summed E-state index contributed by atoms with van der Waals surface area (Å²) in [7, 11) is 2.06. The first-order valence-electron chi connectivity index (χ1n) is 7.73. The van der Waals surface area contributed by atoms with Crippen molar-refractivity contribution in [2.24, 2.45) is 0 Å². The number of hydrogen-bond acceptors (Lipinski definition) is 4. The van der Waals surface area contributed by atoms with Crippen LogP contribution in [0.3, 0.4) is 0 Å². The molecule has 5 nitrogen and oxygen atoms in total. The minimum Gasteiger partial charge on any atom is -0.314 e. The molecule has 1 aliphatic heterocycles. The smallest absolute Gasteiger partial charge is 0.234 e. The number of rotatable bonds is 3. The molecule has 0 aromatic carbocycles. The summed E-state index contributed by atoms with van der Waals surface area (Å²) in [6.45, 7) is 9.59. The van der Waals surface area contributed by atoms with Gasteiger partial charge in [-0.3, -0.25) is 9.30 Å². The molecule has 5 heteroatoms. The van der Waals surface area contributed by atoms with Crippen molar-refractivity contribution in [2.75, 3.05) is 20.1 Å². The number of hydrogen-bond donors (Lipinski definition) is 1. The number of imidazole rings is 1. The van der Waals surface area contributed by atoms with Crippen LogP contribution in [0.15, 0.2) is 12.3 Å². The molecule has 21 heavy (non-hydrogen) atoms. The van der Waals surface area contributed by atoms with Gasteiger partial charge in [-0.2, -0.15) is 0 Å². The second-order valence-electron chi connectivity index (χ2n) is 6.53. The summed E-state index contributed by atoms with van der Waals surface area (Å²) >= 11 is 0. The molecule has 0 unspecified atom stereocenters. The third-order valence-corrected chi connectivity index (χ3v) is 4.76. The second-order valence-corrected chi connectivity index (χ2v) is 6.53. The van der Waals surface area contributed by atoms with Gasteiger partial charge < -0.3 is 5.32 Å². The summed E-state index contributed by atoms with van der Waals surface area (Å²) in [5, 5.41) is 3.44. The number of aromatic nitrogens is 3. The van der Waals surface area contributed by atoms with Crippen LogP contribution in [0.4, 0.5) is 0 Å². The molecule has 1 fully saturated rings. The monoisotopic (exact) mass is 287 g/mol. The van der Waals surface area contributed by atoms with E-state index in [1.54, 1.807) is 0 Å². The maximum absolute atomic E-state index is 4.68. The number of aryl methyl sites for hydroxylation is 2. The van der Waals surface area contributed by atoms with Crippen LogP contribution >= 0.6 is 0 Å². The molecule has 1 saturated heterocycles. The average Bonchev–Trinajstić information content (AvgIpc) is 2.84. The molecule has 114 valence electrons. The summed E-state index contributed by atoms with van der Waals surface area (Å²) in [6.07, 6.45) is 4.50. The van der Waals surface area contributed by atoms with E-state index < -0.39 is 0 Å². The van der Waals surface area contributed by atoms with Crippen LogP contribution in [-0.2, 0) is 6.54 Å². The normalized spacial score (nSPS) is 19.2. The van der Waals surface area contributed by atoms with E-state index in [2.05, 4.69) is 57.7 Å². The molecule has 0 amide bonds. The molecule has 2 aromatic rings. The van der Waals surface area contributed by atoms with Gasteiger partial charge in [-0.15, -0.1) is 0 Å². The Kier molecular flexibility index (Phi) is 3.71. The van der Waals surface area contributed by atoms with E-state index in [0.29, 0.717) is 5.54 Å². The van der Waals surface area contributed by atoms with E-state index >= 15 is 0 Å². The van der Waals surface area contributed by atoms with Crippen LogP contribution in [0.5, 0.6) is 0 Å². The van der Waals surface area contributed by atoms with Gasteiger partial charge in [-0.05, 0) is 46.7 Å². The highest BCUT2D eigenvalue weighted by atomic mass is 15.2. The summed E-state index contributed by atoms with van der Waals surface area (Å²) in [5.74, 6) is 0.819. The fraction of sp³-hybridized carbons (Fsp3) is 0.625. The summed E-state index contributed by atoms with van der Waals surface area (Å²) in [6, 6.07) is 2.09. The molecule has 2 aromatic heterocycles. The number of nitrogens with one attached hydrogen (secondary N) is 1. The lowest BCUT2D eigenvalue weighted by atomic mass is 9.90. The third-order valence-electron chi connectivity index (χ3n) is 4.76. The minimum atomic E-state index is 0.296. The molecule has 0 atom stereocenters. The largest absolute Gasteiger partial charge is 0.314 e. The zero-order valence-corrected chi connectivity index (χ0v) is 13.5. The molecule has 0 bridgehead atoms. The fourth-order valence-corrected chi connectivity index (χ4v) is 3.08. The van der Waals surface area contributed by atoms with Crippen molar-refractivity contribution < 1.29 is 0 Å². The van der Waals surface area contributed by atoms with Crippen LogP contribution in [0.2, 0.25) is 0 Å². The highest BCUT2D eigenvalue weighted by molar-refractivity contribution is 5.34. The molecule has 1 N–H and O–H groups in total. The van der Waals surface area contributed by atoms with Crippen molar-refractivity contribution in [2.45, 2.75) is 45.7 Å². The van der Waals surface area contributed by atoms with Crippen LogP contribution in [0, 0.1) is 13.8 Å². The molecule has 0 spiro atoms. The molecular formula is C16H25N5. The van der Waals surface area contributed by atoms with Crippen LogP contribution in [-0.4, -0.2) is 44.9 Å². The van der Waals surface area contributed by atoms with Gasteiger partial charge in [-0.1, -0.05) is 0 Å². The topological polar surface area (TPSA) is 45.5 Å². The Morgan fingerprint density at radius 3 is 2.62 bits per heavy atom. The van der Waals surface area contributed by atoms with Crippen molar-refractivity contribution >= 4 is 5.78 Å².